The molecule has 0 unspecified atom stereocenters. The van der Waals surface area contributed by atoms with E-state index in [1.165, 1.54) is 0 Å². The quantitative estimate of drug-likeness (QED) is 0.767. The zero-order valence-corrected chi connectivity index (χ0v) is 12.9. The van der Waals surface area contributed by atoms with E-state index in [9.17, 15) is 4.79 Å². The maximum atomic E-state index is 12.3. The molecule has 5 heteroatoms. The number of Topliss-reactive ketones (excluding diaryl/α,β-unsaturated/α-hetero) is 1. The highest BCUT2D eigenvalue weighted by Crippen LogP contribution is 2.40. The van der Waals surface area contributed by atoms with Crippen LogP contribution in [0.25, 0.3) is 0 Å². The van der Waals surface area contributed by atoms with Crippen LogP contribution in [0.2, 0.25) is 0 Å². The molecule has 1 N–H and O–H groups in total. The zero-order valence-electron chi connectivity index (χ0n) is 10.7. The van der Waals surface area contributed by atoms with Crippen molar-refractivity contribution in [2.75, 3.05) is 0 Å². The molecule has 0 saturated carbocycles. The van der Waals surface area contributed by atoms with Crippen LogP contribution in [0.1, 0.15) is 47.6 Å². The smallest absolute Gasteiger partial charge is 0.194 e. The average Bonchev–Trinajstić information content (AvgIpc) is 2.37. The van der Waals surface area contributed by atoms with Crippen LogP contribution in [0, 0.1) is 12.3 Å². The largest absolute Gasteiger partial charge is 0.362 e. The number of carbonyl (C=O) groups is 1. The summed E-state index contributed by atoms with van der Waals surface area (Å²) in [6.07, 6.45) is 1.67. The zero-order chi connectivity index (χ0) is 13.7. The normalized spacial score (nSPS) is 18.9. The predicted octanol–water partition coefficient (Wildman–Crippen LogP) is 4.39. The lowest BCUT2D eigenvalue weighted by Crippen LogP contribution is -2.27. The van der Waals surface area contributed by atoms with Crippen molar-refractivity contribution >= 4 is 40.6 Å². The van der Waals surface area contributed by atoms with Crippen LogP contribution >= 0.6 is 34.8 Å². The number of halogens is 3. The summed E-state index contributed by atoms with van der Waals surface area (Å²) < 4.78 is -1.37. The maximum Gasteiger partial charge on any atom is 0.194 e. The first-order chi connectivity index (χ1) is 8.09. The molecule has 0 spiro atoms. The van der Waals surface area contributed by atoms with Gasteiger partial charge in [-0.3, -0.25) is 4.79 Å². The second-order valence-electron chi connectivity index (χ2n) is 5.82. The van der Waals surface area contributed by atoms with Gasteiger partial charge in [-0.05, 0) is 24.3 Å². The number of ketones is 1. The van der Waals surface area contributed by atoms with Crippen LogP contribution in [-0.2, 0) is 12.8 Å². The molecule has 0 aromatic carbocycles. The van der Waals surface area contributed by atoms with Crippen LogP contribution < -0.4 is 0 Å². The molecule has 2 rings (SSSR count). The van der Waals surface area contributed by atoms with Crippen LogP contribution in [0.5, 0.6) is 0 Å². The Labute approximate surface area is 122 Å². The highest BCUT2D eigenvalue weighted by atomic mass is 35.6. The van der Waals surface area contributed by atoms with Crippen molar-refractivity contribution in [3.63, 3.8) is 0 Å². The molecule has 0 radical (unpaired) electrons. The highest BCUT2D eigenvalue weighted by molar-refractivity contribution is 6.67. The Kier molecular flexibility index (Phi) is 3.50. The molecule has 0 fully saturated rings. The van der Waals surface area contributed by atoms with Gasteiger partial charge in [0.1, 0.15) is 0 Å². The van der Waals surface area contributed by atoms with E-state index in [0.717, 1.165) is 28.9 Å². The number of hydrogen-bond acceptors (Lipinski definition) is 1. The lowest BCUT2D eigenvalue weighted by Gasteiger charge is -2.28. The maximum absolute atomic E-state index is 12.3. The fourth-order valence-electron chi connectivity index (χ4n) is 2.69. The molecule has 1 aliphatic rings. The Balaban J connectivity index is 2.47. The minimum Gasteiger partial charge on any atom is -0.362 e. The van der Waals surface area contributed by atoms with Gasteiger partial charge in [-0.2, -0.15) is 0 Å². The lowest BCUT2D eigenvalue weighted by molar-refractivity contribution is 0.0911. The van der Waals surface area contributed by atoms with Crippen molar-refractivity contribution in [2.45, 2.75) is 43.8 Å². The fourth-order valence-corrected chi connectivity index (χ4v) is 3.09. The number of rotatable bonds is 1. The summed E-state index contributed by atoms with van der Waals surface area (Å²) in [7, 11) is 0. The van der Waals surface area contributed by atoms with E-state index in [4.69, 9.17) is 34.8 Å². The van der Waals surface area contributed by atoms with Gasteiger partial charge in [0.2, 0.25) is 0 Å². The van der Waals surface area contributed by atoms with Gasteiger partial charge in [0, 0.05) is 29.8 Å². The topological polar surface area (TPSA) is 32.9 Å². The van der Waals surface area contributed by atoms with Crippen LogP contribution in [0.3, 0.4) is 0 Å². The van der Waals surface area contributed by atoms with Gasteiger partial charge in [0.15, 0.2) is 9.58 Å². The SMILES string of the molecule is Cc1[nH]c2c(c1CC(Cl)(Cl)Cl)C(=O)CC(C)(C)C2. The summed E-state index contributed by atoms with van der Waals surface area (Å²) in [6, 6.07) is 0. The van der Waals surface area contributed by atoms with Gasteiger partial charge in [0.05, 0.1) is 0 Å². The van der Waals surface area contributed by atoms with E-state index in [2.05, 4.69) is 18.8 Å². The van der Waals surface area contributed by atoms with Crippen LogP contribution in [0.15, 0.2) is 0 Å². The molecular weight excluding hydrogens is 293 g/mol. The summed E-state index contributed by atoms with van der Waals surface area (Å²) in [5.74, 6) is 0.148. The number of carbonyl (C=O) groups excluding carboxylic acids is 1. The van der Waals surface area contributed by atoms with E-state index >= 15 is 0 Å². The standard InChI is InChI=1S/C13H16Cl3NO/c1-7-8(4-13(14,15)16)11-9(17-7)5-12(2,3)6-10(11)18/h17H,4-6H2,1-3H3. The summed E-state index contributed by atoms with van der Waals surface area (Å²) in [4.78, 5) is 15.5. The second-order valence-corrected chi connectivity index (χ2v) is 8.33. The molecule has 18 heavy (non-hydrogen) atoms. The molecule has 1 aromatic rings. The van der Waals surface area contributed by atoms with E-state index in [1.807, 2.05) is 6.92 Å². The van der Waals surface area contributed by atoms with Gasteiger partial charge >= 0.3 is 0 Å². The number of nitrogens with one attached hydrogen (secondary N) is 1. The number of alkyl halides is 3. The van der Waals surface area contributed by atoms with Gasteiger partial charge in [0.25, 0.3) is 0 Å². The number of H-pyrrole nitrogens is 1. The number of aromatic amines is 1. The minimum absolute atomic E-state index is 0.00136. The monoisotopic (exact) mass is 307 g/mol. The van der Waals surface area contributed by atoms with Crippen molar-refractivity contribution in [2.24, 2.45) is 5.41 Å². The minimum atomic E-state index is -1.37. The molecule has 0 amide bonds. The van der Waals surface area contributed by atoms with Crippen LogP contribution in [-0.4, -0.2) is 14.6 Å². The first-order valence-electron chi connectivity index (χ1n) is 5.89. The molecule has 1 aromatic heterocycles. The molecule has 1 aliphatic carbocycles. The van der Waals surface area contributed by atoms with Crippen molar-refractivity contribution < 1.29 is 4.79 Å². The Morgan fingerprint density at radius 3 is 2.44 bits per heavy atom. The Morgan fingerprint density at radius 2 is 1.89 bits per heavy atom. The lowest BCUT2D eigenvalue weighted by atomic mass is 9.75. The molecule has 0 saturated heterocycles. The molecule has 0 aliphatic heterocycles. The third-order valence-electron chi connectivity index (χ3n) is 3.35. The van der Waals surface area contributed by atoms with Crippen molar-refractivity contribution in [3.05, 3.63) is 22.5 Å². The van der Waals surface area contributed by atoms with Gasteiger partial charge in [-0.25, -0.2) is 0 Å². The first-order valence-corrected chi connectivity index (χ1v) is 7.03. The second kappa shape index (κ2) is 4.43. The van der Waals surface area contributed by atoms with Crippen molar-refractivity contribution in [3.8, 4) is 0 Å². The van der Waals surface area contributed by atoms with Crippen molar-refractivity contribution in [1.29, 1.82) is 0 Å². The molecule has 100 valence electrons. The first kappa shape index (κ1) is 14.2. The van der Waals surface area contributed by atoms with E-state index in [0.29, 0.717) is 6.42 Å². The summed E-state index contributed by atoms with van der Waals surface area (Å²) in [6.45, 7) is 6.11. The third-order valence-corrected chi connectivity index (χ3v) is 3.75. The van der Waals surface area contributed by atoms with Gasteiger partial charge < -0.3 is 4.98 Å². The Hall–Kier alpha value is -0.180. The Morgan fingerprint density at radius 1 is 1.28 bits per heavy atom. The van der Waals surface area contributed by atoms with E-state index < -0.39 is 3.79 Å². The van der Waals surface area contributed by atoms with Crippen LogP contribution in [0.4, 0.5) is 0 Å². The number of hydrogen-bond donors (Lipinski definition) is 1. The summed E-state index contributed by atoms with van der Waals surface area (Å²) in [5.41, 5.74) is 3.51. The van der Waals surface area contributed by atoms with Gasteiger partial charge in [-0.1, -0.05) is 48.7 Å². The van der Waals surface area contributed by atoms with E-state index in [1.54, 1.807) is 0 Å². The van der Waals surface area contributed by atoms with Gasteiger partial charge in [-0.15, -0.1) is 0 Å². The summed E-state index contributed by atoms with van der Waals surface area (Å²) in [5, 5.41) is 0. The number of fused-ring (bicyclic) bond motifs is 1. The summed E-state index contributed by atoms with van der Waals surface area (Å²) >= 11 is 17.5. The molecular formula is C13H16Cl3NO. The fraction of sp³-hybridized carbons (Fsp3) is 0.615. The Bertz CT molecular complexity index is 497. The number of aromatic nitrogens is 1. The molecule has 0 bridgehead atoms. The third kappa shape index (κ3) is 2.87. The average molecular weight is 309 g/mol. The van der Waals surface area contributed by atoms with Crippen molar-refractivity contribution in [1.82, 2.24) is 4.98 Å². The molecule has 2 nitrogen and oxygen atoms in total. The highest BCUT2D eigenvalue weighted by Gasteiger charge is 2.36. The number of aryl methyl sites for hydroxylation is 1. The predicted molar refractivity (Wildman–Crippen MR) is 76.0 cm³/mol. The molecule has 0 atom stereocenters. The van der Waals surface area contributed by atoms with E-state index in [-0.39, 0.29) is 17.6 Å². The molecule has 1 heterocycles.